The van der Waals surface area contributed by atoms with Crippen LogP contribution in [0.1, 0.15) is 0 Å². The van der Waals surface area contributed by atoms with Gasteiger partial charge in [0.1, 0.15) is 0 Å². The Morgan fingerprint density at radius 1 is 1.64 bits per heavy atom. The Labute approximate surface area is 88.3 Å². The van der Waals surface area contributed by atoms with Crippen LogP contribution in [-0.4, -0.2) is 49.2 Å². The molecule has 0 aliphatic carbocycles. The number of hydrogen-bond acceptors (Lipinski definition) is 5. The van der Waals surface area contributed by atoms with Gasteiger partial charge in [0.25, 0.3) is 0 Å². The quantitative estimate of drug-likeness (QED) is 0.762. The molecule has 1 unspecified atom stereocenters. The monoisotopic (exact) mass is 212 g/mol. The van der Waals surface area contributed by atoms with E-state index < -0.39 is 0 Å². The van der Waals surface area contributed by atoms with Crippen LogP contribution in [0.3, 0.4) is 0 Å². The fourth-order valence-corrected chi connectivity index (χ4v) is 2.56. The molecule has 0 radical (unpaired) electrons. The van der Waals surface area contributed by atoms with E-state index in [1.165, 1.54) is 0 Å². The first kappa shape index (κ1) is 9.89. The van der Waals surface area contributed by atoms with Crippen LogP contribution in [0.4, 0.5) is 5.13 Å². The predicted octanol–water partition coefficient (Wildman–Crippen LogP) is 0.222. The third kappa shape index (κ3) is 1.89. The number of thiazole rings is 1. The molecule has 0 saturated carbocycles. The second-order valence-corrected chi connectivity index (χ2v) is 4.53. The topological polar surface area (TPSA) is 45.4 Å². The molecule has 1 atom stereocenters. The van der Waals surface area contributed by atoms with E-state index in [-0.39, 0.29) is 0 Å². The average molecular weight is 212 g/mol. The Hall–Kier alpha value is -0.650. The Bertz CT molecular complexity index is 274. The molecule has 1 aliphatic rings. The molecule has 1 aliphatic heterocycles. The van der Waals surface area contributed by atoms with E-state index in [0.29, 0.717) is 12.6 Å². The lowest BCUT2D eigenvalue weighted by molar-refractivity contribution is 0.269. The van der Waals surface area contributed by atoms with Gasteiger partial charge in [-0.25, -0.2) is 4.98 Å². The molecule has 1 aromatic rings. The summed E-state index contributed by atoms with van der Waals surface area (Å²) < 4.78 is 0. The molecule has 5 heteroatoms. The molecule has 0 amide bonds. The second-order valence-electron chi connectivity index (χ2n) is 3.66. The number of piperazine rings is 1. The molecule has 78 valence electrons. The van der Waals surface area contributed by atoms with Gasteiger partial charge in [-0.15, -0.1) is 11.3 Å². The smallest absolute Gasteiger partial charge is 0.185 e. The summed E-state index contributed by atoms with van der Waals surface area (Å²) in [5.41, 5.74) is 5.77. The van der Waals surface area contributed by atoms with Gasteiger partial charge in [0.05, 0.1) is 6.04 Å². The number of aromatic nitrogens is 1. The van der Waals surface area contributed by atoms with Crippen molar-refractivity contribution in [3.8, 4) is 0 Å². The van der Waals surface area contributed by atoms with Crippen molar-refractivity contribution in [1.29, 1.82) is 0 Å². The molecular weight excluding hydrogens is 196 g/mol. The van der Waals surface area contributed by atoms with Crippen molar-refractivity contribution in [2.75, 3.05) is 38.1 Å². The molecule has 14 heavy (non-hydrogen) atoms. The molecule has 1 aromatic heterocycles. The summed E-state index contributed by atoms with van der Waals surface area (Å²) in [6.45, 7) is 3.86. The Morgan fingerprint density at radius 3 is 3.14 bits per heavy atom. The van der Waals surface area contributed by atoms with E-state index in [1.54, 1.807) is 11.3 Å². The van der Waals surface area contributed by atoms with Gasteiger partial charge in [-0.05, 0) is 7.05 Å². The zero-order valence-corrected chi connectivity index (χ0v) is 9.20. The third-order valence-corrected chi connectivity index (χ3v) is 3.43. The maximum absolute atomic E-state index is 5.77. The maximum atomic E-state index is 5.77. The van der Waals surface area contributed by atoms with E-state index in [0.717, 1.165) is 24.8 Å². The van der Waals surface area contributed by atoms with Crippen LogP contribution in [0.5, 0.6) is 0 Å². The number of hydrogen-bond donors (Lipinski definition) is 1. The van der Waals surface area contributed by atoms with Crippen LogP contribution in [0.25, 0.3) is 0 Å². The summed E-state index contributed by atoms with van der Waals surface area (Å²) in [6, 6.07) is 0.417. The van der Waals surface area contributed by atoms with Crippen molar-refractivity contribution in [3.05, 3.63) is 11.6 Å². The van der Waals surface area contributed by atoms with Crippen LogP contribution in [0.2, 0.25) is 0 Å². The number of nitrogens with two attached hydrogens (primary N) is 1. The van der Waals surface area contributed by atoms with E-state index in [1.807, 2.05) is 11.6 Å². The fraction of sp³-hybridized carbons (Fsp3) is 0.667. The minimum Gasteiger partial charge on any atom is -0.341 e. The number of rotatable bonds is 2. The van der Waals surface area contributed by atoms with Gasteiger partial charge in [0.15, 0.2) is 5.13 Å². The number of nitrogens with zero attached hydrogens (tertiary/aromatic N) is 3. The van der Waals surface area contributed by atoms with E-state index in [4.69, 9.17) is 5.73 Å². The van der Waals surface area contributed by atoms with Crippen LogP contribution in [-0.2, 0) is 0 Å². The van der Waals surface area contributed by atoms with Crippen LogP contribution >= 0.6 is 11.3 Å². The first-order valence-corrected chi connectivity index (χ1v) is 5.74. The lowest BCUT2D eigenvalue weighted by Crippen LogP contribution is -2.55. The van der Waals surface area contributed by atoms with Crippen molar-refractivity contribution in [2.24, 2.45) is 5.73 Å². The molecular formula is C9H16N4S. The average Bonchev–Trinajstić information content (AvgIpc) is 2.70. The number of anilines is 1. The van der Waals surface area contributed by atoms with Gasteiger partial charge in [-0.3, -0.25) is 0 Å². The molecule has 0 bridgehead atoms. The van der Waals surface area contributed by atoms with Gasteiger partial charge in [-0.1, -0.05) is 0 Å². The highest BCUT2D eigenvalue weighted by Crippen LogP contribution is 2.21. The molecule has 0 spiro atoms. The lowest BCUT2D eigenvalue weighted by Gasteiger charge is -2.39. The molecule has 1 fully saturated rings. The standard InChI is InChI=1S/C9H16N4S/c1-12-3-4-13(8(6-10)7-12)9-11-2-5-14-9/h2,5,8H,3-4,6-7,10H2,1H3. The van der Waals surface area contributed by atoms with Crippen LogP contribution in [0.15, 0.2) is 11.6 Å². The van der Waals surface area contributed by atoms with E-state index in [9.17, 15) is 0 Å². The van der Waals surface area contributed by atoms with Gasteiger partial charge in [0.2, 0.25) is 0 Å². The Morgan fingerprint density at radius 2 is 2.50 bits per heavy atom. The van der Waals surface area contributed by atoms with Crippen molar-refractivity contribution < 1.29 is 0 Å². The van der Waals surface area contributed by atoms with Gasteiger partial charge >= 0.3 is 0 Å². The second kappa shape index (κ2) is 4.25. The van der Waals surface area contributed by atoms with Crippen molar-refractivity contribution in [2.45, 2.75) is 6.04 Å². The lowest BCUT2D eigenvalue weighted by atomic mass is 10.2. The minimum atomic E-state index is 0.417. The highest BCUT2D eigenvalue weighted by atomic mass is 32.1. The molecule has 1 saturated heterocycles. The van der Waals surface area contributed by atoms with Crippen LogP contribution in [0, 0.1) is 0 Å². The van der Waals surface area contributed by atoms with Gasteiger partial charge in [-0.2, -0.15) is 0 Å². The van der Waals surface area contributed by atoms with Crippen LogP contribution < -0.4 is 10.6 Å². The summed E-state index contributed by atoms with van der Waals surface area (Å²) in [5, 5.41) is 3.12. The van der Waals surface area contributed by atoms with E-state index >= 15 is 0 Å². The minimum absolute atomic E-state index is 0.417. The van der Waals surface area contributed by atoms with E-state index in [2.05, 4.69) is 21.8 Å². The Balaban J connectivity index is 2.10. The summed E-state index contributed by atoms with van der Waals surface area (Å²) in [4.78, 5) is 8.98. The SMILES string of the molecule is CN1CCN(c2nccs2)C(CN)C1. The van der Waals surface area contributed by atoms with Crippen molar-refractivity contribution in [3.63, 3.8) is 0 Å². The first-order valence-electron chi connectivity index (χ1n) is 4.86. The third-order valence-electron chi connectivity index (χ3n) is 2.62. The summed E-state index contributed by atoms with van der Waals surface area (Å²) in [7, 11) is 2.14. The highest BCUT2D eigenvalue weighted by molar-refractivity contribution is 7.13. The normalized spacial score (nSPS) is 24.1. The largest absolute Gasteiger partial charge is 0.341 e. The zero-order valence-electron chi connectivity index (χ0n) is 8.39. The summed E-state index contributed by atoms with van der Waals surface area (Å²) >= 11 is 1.69. The summed E-state index contributed by atoms with van der Waals surface area (Å²) in [5.74, 6) is 0. The predicted molar refractivity (Wildman–Crippen MR) is 59.8 cm³/mol. The van der Waals surface area contributed by atoms with Gasteiger partial charge in [0, 0.05) is 37.8 Å². The van der Waals surface area contributed by atoms with Crippen molar-refractivity contribution >= 4 is 16.5 Å². The van der Waals surface area contributed by atoms with Gasteiger partial charge < -0.3 is 15.5 Å². The molecule has 2 rings (SSSR count). The zero-order chi connectivity index (χ0) is 9.97. The molecule has 2 heterocycles. The molecule has 4 nitrogen and oxygen atoms in total. The van der Waals surface area contributed by atoms with Crippen molar-refractivity contribution in [1.82, 2.24) is 9.88 Å². The molecule has 2 N–H and O–H groups in total. The first-order chi connectivity index (χ1) is 6.81. The summed E-state index contributed by atoms with van der Waals surface area (Å²) in [6.07, 6.45) is 1.85. The fourth-order valence-electron chi connectivity index (χ4n) is 1.82. The number of likely N-dealkylation sites (N-methyl/N-ethyl adjacent to an activating group) is 1. The maximum Gasteiger partial charge on any atom is 0.185 e. The highest BCUT2D eigenvalue weighted by Gasteiger charge is 2.25. The Kier molecular flexibility index (Phi) is 3.00. The molecule has 0 aromatic carbocycles.